The quantitative estimate of drug-likeness (QED) is 0.732. The van der Waals surface area contributed by atoms with Crippen molar-refractivity contribution in [2.45, 2.75) is 51.1 Å². The molecule has 0 aromatic carbocycles. The van der Waals surface area contributed by atoms with Crippen LogP contribution in [-0.2, 0) is 4.79 Å². The Balaban J connectivity index is 1.89. The van der Waals surface area contributed by atoms with Crippen molar-refractivity contribution in [3.05, 3.63) is 0 Å². The molecule has 0 radical (unpaired) electrons. The van der Waals surface area contributed by atoms with E-state index >= 15 is 0 Å². The van der Waals surface area contributed by atoms with E-state index in [0.717, 1.165) is 38.3 Å². The third kappa shape index (κ3) is 2.58. The van der Waals surface area contributed by atoms with E-state index in [1.54, 1.807) is 0 Å². The summed E-state index contributed by atoms with van der Waals surface area (Å²) in [6, 6.07) is 0.622. The fourth-order valence-electron chi connectivity index (χ4n) is 2.85. The van der Waals surface area contributed by atoms with Crippen LogP contribution in [0.25, 0.3) is 0 Å². The minimum Gasteiger partial charge on any atom is -0.313 e. The van der Waals surface area contributed by atoms with Gasteiger partial charge in [0.05, 0.1) is 6.04 Å². The van der Waals surface area contributed by atoms with E-state index in [4.69, 9.17) is 0 Å². The number of rotatable bonds is 3. The Morgan fingerprint density at radius 1 is 1.53 bits per heavy atom. The SMILES string of the molecule is CCCN[C@@H]1C[C@@H]2CCCN[C@H]2CC1=O. The highest BCUT2D eigenvalue weighted by Gasteiger charge is 2.36. The molecule has 1 saturated carbocycles. The molecule has 2 aliphatic rings. The maximum absolute atomic E-state index is 11.9. The van der Waals surface area contributed by atoms with Crippen molar-refractivity contribution in [3.8, 4) is 0 Å². The molecular formula is C12H22N2O. The van der Waals surface area contributed by atoms with E-state index in [0.29, 0.717) is 11.8 Å². The lowest BCUT2D eigenvalue weighted by Gasteiger charge is -2.39. The van der Waals surface area contributed by atoms with Gasteiger partial charge in [0.1, 0.15) is 0 Å². The summed E-state index contributed by atoms with van der Waals surface area (Å²) in [6.07, 6.45) is 5.48. The highest BCUT2D eigenvalue weighted by Crippen LogP contribution is 2.29. The van der Waals surface area contributed by atoms with Crippen molar-refractivity contribution >= 4 is 5.78 Å². The van der Waals surface area contributed by atoms with Crippen LogP contribution in [0.2, 0.25) is 0 Å². The largest absolute Gasteiger partial charge is 0.313 e. The second-order valence-corrected chi connectivity index (χ2v) is 4.88. The highest BCUT2D eigenvalue weighted by molar-refractivity contribution is 5.85. The van der Waals surface area contributed by atoms with E-state index in [9.17, 15) is 4.79 Å². The number of Topliss-reactive ketones (excluding diaryl/α,β-unsaturated/α-hetero) is 1. The van der Waals surface area contributed by atoms with Crippen LogP contribution < -0.4 is 10.6 Å². The van der Waals surface area contributed by atoms with Crippen LogP contribution >= 0.6 is 0 Å². The van der Waals surface area contributed by atoms with Crippen LogP contribution in [0.15, 0.2) is 0 Å². The van der Waals surface area contributed by atoms with Gasteiger partial charge in [-0.05, 0) is 44.7 Å². The van der Waals surface area contributed by atoms with Gasteiger partial charge in [-0.25, -0.2) is 0 Å². The van der Waals surface area contributed by atoms with Gasteiger partial charge < -0.3 is 10.6 Å². The molecule has 3 heteroatoms. The van der Waals surface area contributed by atoms with Crippen LogP contribution in [0.5, 0.6) is 0 Å². The van der Waals surface area contributed by atoms with Gasteiger partial charge >= 0.3 is 0 Å². The number of carbonyl (C=O) groups is 1. The molecule has 1 saturated heterocycles. The van der Waals surface area contributed by atoms with Gasteiger partial charge in [-0.2, -0.15) is 0 Å². The molecule has 2 fully saturated rings. The molecule has 0 bridgehead atoms. The molecular weight excluding hydrogens is 188 g/mol. The predicted octanol–water partition coefficient (Wildman–Crippen LogP) is 1.09. The summed E-state index contributed by atoms with van der Waals surface area (Å²) in [5.74, 6) is 1.14. The predicted molar refractivity (Wildman–Crippen MR) is 60.8 cm³/mol. The summed E-state index contributed by atoms with van der Waals surface area (Å²) in [6.45, 7) is 4.22. The molecule has 1 aliphatic carbocycles. The monoisotopic (exact) mass is 210 g/mol. The average molecular weight is 210 g/mol. The maximum atomic E-state index is 11.9. The number of fused-ring (bicyclic) bond motifs is 1. The Bertz CT molecular complexity index is 230. The Labute approximate surface area is 92.0 Å². The molecule has 2 rings (SSSR count). The number of nitrogens with one attached hydrogen (secondary N) is 2. The van der Waals surface area contributed by atoms with Gasteiger partial charge in [0.25, 0.3) is 0 Å². The fourth-order valence-corrected chi connectivity index (χ4v) is 2.85. The average Bonchev–Trinajstić information content (AvgIpc) is 2.26. The lowest BCUT2D eigenvalue weighted by molar-refractivity contribution is -0.124. The molecule has 0 spiro atoms. The Morgan fingerprint density at radius 3 is 3.20 bits per heavy atom. The molecule has 2 N–H and O–H groups in total. The van der Waals surface area contributed by atoms with Crippen LogP contribution in [0, 0.1) is 5.92 Å². The number of piperidine rings is 1. The van der Waals surface area contributed by atoms with Gasteiger partial charge in [0.15, 0.2) is 5.78 Å². The van der Waals surface area contributed by atoms with Crippen molar-refractivity contribution in [1.29, 1.82) is 0 Å². The first-order valence-electron chi connectivity index (χ1n) is 6.30. The van der Waals surface area contributed by atoms with Crippen LogP contribution in [-0.4, -0.2) is 31.0 Å². The normalized spacial score (nSPS) is 36.3. The molecule has 3 atom stereocenters. The number of ketones is 1. The third-order valence-electron chi connectivity index (χ3n) is 3.72. The van der Waals surface area contributed by atoms with Gasteiger partial charge in [0, 0.05) is 12.5 Å². The summed E-state index contributed by atoms with van der Waals surface area (Å²) < 4.78 is 0. The van der Waals surface area contributed by atoms with E-state index in [-0.39, 0.29) is 6.04 Å². The summed E-state index contributed by atoms with van der Waals surface area (Å²) in [5, 5.41) is 6.86. The lowest BCUT2D eigenvalue weighted by Crippen LogP contribution is -2.53. The Morgan fingerprint density at radius 2 is 2.40 bits per heavy atom. The fraction of sp³-hybridized carbons (Fsp3) is 0.917. The summed E-state index contributed by atoms with van der Waals surface area (Å²) in [4.78, 5) is 11.9. The zero-order valence-electron chi connectivity index (χ0n) is 9.59. The minimum absolute atomic E-state index is 0.145. The molecule has 3 nitrogen and oxygen atoms in total. The standard InChI is InChI=1S/C12H22N2O/c1-2-5-13-11-7-9-4-3-6-14-10(9)8-12(11)15/h9-11,13-14H,2-8H2,1H3/t9-,10-,11+/m0/s1. The van der Waals surface area contributed by atoms with Crippen LogP contribution in [0.1, 0.15) is 39.0 Å². The maximum Gasteiger partial charge on any atom is 0.151 e. The Hall–Kier alpha value is -0.410. The second kappa shape index (κ2) is 5.08. The Kier molecular flexibility index (Phi) is 3.76. The topological polar surface area (TPSA) is 41.1 Å². The van der Waals surface area contributed by atoms with Gasteiger partial charge in [-0.3, -0.25) is 4.79 Å². The smallest absolute Gasteiger partial charge is 0.151 e. The molecule has 1 aliphatic heterocycles. The number of carbonyl (C=O) groups excluding carboxylic acids is 1. The van der Waals surface area contributed by atoms with Crippen molar-refractivity contribution in [3.63, 3.8) is 0 Å². The molecule has 0 unspecified atom stereocenters. The lowest BCUT2D eigenvalue weighted by atomic mass is 9.76. The summed E-state index contributed by atoms with van der Waals surface area (Å²) in [5.41, 5.74) is 0. The van der Waals surface area contributed by atoms with Gasteiger partial charge in [-0.1, -0.05) is 6.92 Å². The van der Waals surface area contributed by atoms with Crippen molar-refractivity contribution < 1.29 is 4.79 Å². The first kappa shape index (κ1) is 11.1. The zero-order valence-corrected chi connectivity index (χ0v) is 9.59. The number of hydrogen-bond acceptors (Lipinski definition) is 3. The molecule has 0 aromatic heterocycles. The third-order valence-corrected chi connectivity index (χ3v) is 3.72. The summed E-state index contributed by atoms with van der Waals surface area (Å²) >= 11 is 0. The first-order valence-corrected chi connectivity index (χ1v) is 6.30. The molecule has 0 aromatic rings. The minimum atomic E-state index is 0.145. The second-order valence-electron chi connectivity index (χ2n) is 4.88. The van der Waals surface area contributed by atoms with E-state index in [1.807, 2.05) is 0 Å². The molecule has 15 heavy (non-hydrogen) atoms. The first-order chi connectivity index (χ1) is 7.31. The molecule has 0 amide bonds. The summed E-state index contributed by atoms with van der Waals surface area (Å²) in [7, 11) is 0. The van der Waals surface area contributed by atoms with Crippen molar-refractivity contribution in [2.75, 3.05) is 13.1 Å². The van der Waals surface area contributed by atoms with Crippen LogP contribution in [0.3, 0.4) is 0 Å². The van der Waals surface area contributed by atoms with E-state index < -0.39 is 0 Å². The van der Waals surface area contributed by atoms with Gasteiger partial charge in [-0.15, -0.1) is 0 Å². The number of hydrogen-bond donors (Lipinski definition) is 2. The van der Waals surface area contributed by atoms with Crippen molar-refractivity contribution in [1.82, 2.24) is 10.6 Å². The zero-order chi connectivity index (χ0) is 10.7. The van der Waals surface area contributed by atoms with Crippen LogP contribution in [0.4, 0.5) is 0 Å². The molecule has 86 valence electrons. The highest BCUT2D eigenvalue weighted by atomic mass is 16.1. The van der Waals surface area contributed by atoms with Crippen molar-refractivity contribution in [2.24, 2.45) is 5.92 Å². The van der Waals surface area contributed by atoms with E-state index in [1.165, 1.54) is 12.8 Å². The van der Waals surface area contributed by atoms with Gasteiger partial charge in [0.2, 0.25) is 0 Å². The van der Waals surface area contributed by atoms with E-state index in [2.05, 4.69) is 17.6 Å². The molecule has 1 heterocycles.